The highest BCUT2D eigenvalue weighted by atomic mass is 16.4. The van der Waals surface area contributed by atoms with Gasteiger partial charge >= 0.3 is 5.97 Å². The molecule has 1 aliphatic carbocycles. The summed E-state index contributed by atoms with van der Waals surface area (Å²) in [6.07, 6.45) is 4.97. The molecule has 0 bridgehead atoms. The van der Waals surface area contributed by atoms with Crippen LogP contribution >= 0.6 is 0 Å². The second-order valence-electron chi connectivity index (χ2n) is 6.67. The number of amides is 1. The molecule has 0 aliphatic heterocycles. The number of benzene rings is 1. The number of rotatable bonds is 8. The van der Waals surface area contributed by atoms with E-state index in [1.54, 1.807) is 0 Å². The molecule has 0 radical (unpaired) electrons. The maximum absolute atomic E-state index is 12.4. The molecule has 0 saturated heterocycles. The van der Waals surface area contributed by atoms with Gasteiger partial charge in [-0.1, -0.05) is 49.6 Å². The number of carbonyl (C=O) groups is 2. The molecule has 3 N–H and O–H groups in total. The summed E-state index contributed by atoms with van der Waals surface area (Å²) < 4.78 is 0. The lowest BCUT2D eigenvalue weighted by atomic mass is 9.85. The first kappa shape index (κ1) is 18.5. The van der Waals surface area contributed by atoms with Crippen molar-refractivity contribution in [3.63, 3.8) is 0 Å². The third kappa shape index (κ3) is 5.96. The predicted octanol–water partition coefficient (Wildman–Crippen LogP) is 2.52. The molecule has 1 saturated carbocycles. The van der Waals surface area contributed by atoms with Gasteiger partial charge in [-0.15, -0.1) is 0 Å². The van der Waals surface area contributed by atoms with Gasteiger partial charge in [0.15, 0.2) is 0 Å². The fraction of sp³-hybridized carbons (Fsp3) is 0.579. The average Bonchev–Trinajstić information content (AvgIpc) is 2.60. The van der Waals surface area contributed by atoms with Gasteiger partial charge in [-0.25, -0.2) is 0 Å². The molecule has 1 aromatic carbocycles. The highest BCUT2D eigenvalue weighted by Crippen LogP contribution is 2.26. The first-order valence-electron chi connectivity index (χ1n) is 8.80. The number of aliphatic hydroxyl groups is 1. The fourth-order valence-electron chi connectivity index (χ4n) is 3.37. The number of hydrogen-bond acceptors (Lipinski definition) is 3. The number of carboxylic acid groups (broad SMARTS) is 1. The lowest BCUT2D eigenvalue weighted by Gasteiger charge is -2.27. The van der Waals surface area contributed by atoms with Crippen molar-refractivity contribution in [2.45, 2.75) is 63.5 Å². The molecule has 1 aromatic rings. The Kier molecular flexibility index (Phi) is 7.25. The van der Waals surface area contributed by atoms with E-state index in [1.807, 2.05) is 30.3 Å². The van der Waals surface area contributed by atoms with Crippen molar-refractivity contribution in [2.24, 2.45) is 5.92 Å². The summed E-state index contributed by atoms with van der Waals surface area (Å²) in [6.45, 7) is 0. The Morgan fingerprint density at radius 1 is 1.12 bits per heavy atom. The summed E-state index contributed by atoms with van der Waals surface area (Å²) in [7, 11) is 0. The number of carboxylic acids is 1. The summed E-state index contributed by atoms with van der Waals surface area (Å²) in [5.41, 5.74) is 1.04. The van der Waals surface area contributed by atoms with Crippen molar-refractivity contribution in [3.05, 3.63) is 35.9 Å². The molecule has 1 amide bonds. The number of aliphatic hydroxyl groups excluding tert-OH is 1. The zero-order chi connectivity index (χ0) is 17.4. The van der Waals surface area contributed by atoms with Gasteiger partial charge in [0, 0.05) is 12.5 Å². The molecule has 2 unspecified atom stereocenters. The van der Waals surface area contributed by atoms with Crippen LogP contribution in [0.15, 0.2) is 30.3 Å². The van der Waals surface area contributed by atoms with Gasteiger partial charge in [0.25, 0.3) is 0 Å². The molecule has 5 heteroatoms. The number of nitrogens with one attached hydrogen (secondary N) is 1. The van der Waals surface area contributed by atoms with Crippen LogP contribution in [0.2, 0.25) is 0 Å². The Balaban J connectivity index is 1.94. The van der Waals surface area contributed by atoms with Crippen LogP contribution in [0.1, 0.15) is 50.5 Å². The summed E-state index contributed by atoms with van der Waals surface area (Å²) in [5, 5.41) is 22.1. The van der Waals surface area contributed by atoms with Crippen LogP contribution in [-0.4, -0.2) is 34.2 Å². The third-order valence-corrected chi connectivity index (χ3v) is 4.74. The smallest absolute Gasteiger partial charge is 0.303 e. The topological polar surface area (TPSA) is 86.6 Å². The Morgan fingerprint density at radius 2 is 1.79 bits per heavy atom. The van der Waals surface area contributed by atoms with Crippen LogP contribution in [-0.2, 0) is 16.0 Å². The molecule has 0 spiro atoms. The lowest BCUT2D eigenvalue weighted by Crippen LogP contribution is -2.45. The van der Waals surface area contributed by atoms with Gasteiger partial charge in [0.05, 0.1) is 0 Å². The van der Waals surface area contributed by atoms with Gasteiger partial charge in [0.1, 0.15) is 6.10 Å². The molecule has 0 heterocycles. The predicted molar refractivity (Wildman–Crippen MR) is 91.5 cm³/mol. The van der Waals surface area contributed by atoms with E-state index in [1.165, 1.54) is 6.42 Å². The molecule has 1 aliphatic rings. The Bertz CT molecular complexity index is 525. The standard InChI is InChI=1S/C19H27NO4/c21-17(22)12-11-16(13-14-7-3-1-4-8-14)20-19(24)18(23)15-9-5-2-6-10-15/h1,3-4,7-8,15-16,18,23H,2,5-6,9-13H2,(H,20,24)(H,21,22). The molecule has 2 rings (SSSR count). The van der Waals surface area contributed by atoms with Crippen molar-refractivity contribution in [1.82, 2.24) is 5.32 Å². The maximum Gasteiger partial charge on any atom is 0.303 e. The quantitative estimate of drug-likeness (QED) is 0.682. The monoisotopic (exact) mass is 333 g/mol. The van der Waals surface area contributed by atoms with E-state index < -0.39 is 12.1 Å². The van der Waals surface area contributed by atoms with E-state index in [9.17, 15) is 14.7 Å². The largest absolute Gasteiger partial charge is 0.481 e. The Hall–Kier alpha value is -1.88. The zero-order valence-electron chi connectivity index (χ0n) is 14.0. The van der Waals surface area contributed by atoms with Gasteiger partial charge in [-0.2, -0.15) is 0 Å². The maximum atomic E-state index is 12.4. The summed E-state index contributed by atoms with van der Waals surface area (Å²) in [5.74, 6) is -1.22. The minimum Gasteiger partial charge on any atom is -0.481 e. The summed E-state index contributed by atoms with van der Waals surface area (Å²) >= 11 is 0. The van der Waals surface area contributed by atoms with E-state index in [2.05, 4.69) is 5.32 Å². The SMILES string of the molecule is O=C(O)CCC(Cc1ccccc1)NC(=O)C(O)C1CCCCC1. The van der Waals surface area contributed by atoms with E-state index >= 15 is 0 Å². The molecular formula is C19H27NO4. The number of carbonyl (C=O) groups excluding carboxylic acids is 1. The Labute approximate surface area is 143 Å². The van der Waals surface area contributed by atoms with Crippen LogP contribution in [0, 0.1) is 5.92 Å². The molecule has 24 heavy (non-hydrogen) atoms. The number of aliphatic carboxylic acids is 1. The first-order valence-corrected chi connectivity index (χ1v) is 8.80. The minimum atomic E-state index is -0.992. The number of hydrogen-bond donors (Lipinski definition) is 3. The first-order chi connectivity index (χ1) is 11.6. The highest BCUT2D eigenvalue weighted by molar-refractivity contribution is 5.81. The molecule has 5 nitrogen and oxygen atoms in total. The van der Waals surface area contributed by atoms with Crippen molar-refractivity contribution in [1.29, 1.82) is 0 Å². The average molecular weight is 333 g/mol. The lowest BCUT2D eigenvalue weighted by molar-refractivity contribution is -0.138. The molecule has 0 aromatic heterocycles. The van der Waals surface area contributed by atoms with Crippen LogP contribution < -0.4 is 5.32 Å². The molecule has 1 fully saturated rings. The molecule has 132 valence electrons. The van der Waals surface area contributed by atoms with Crippen molar-refractivity contribution in [3.8, 4) is 0 Å². The third-order valence-electron chi connectivity index (χ3n) is 4.74. The van der Waals surface area contributed by atoms with Crippen LogP contribution in [0.25, 0.3) is 0 Å². The molecule has 2 atom stereocenters. The van der Waals surface area contributed by atoms with Gasteiger partial charge in [-0.3, -0.25) is 9.59 Å². The minimum absolute atomic E-state index is 0.00267. The van der Waals surface area contributed by atoms with Crippen LogP contribution in [0.3, 0.4) is 0 Å². The van der Waals surface area contributed by atoms with E-state index in [0.29, 0.717) is 12.8 Å². The summed E-state index contributed by atoms with van der Waals surface area (Å²) in [6, 6.07) is 9.38. The normalized spacial score (nSPS) is 17.9. The van der Waals surface area contributed by atoms with E-state index in [-0.39, 0.29) is 24.3 Å². The highest BCUT2D eigenvalue weighted by Gasteiger charge is 2.28. The van der Waals surface area contributed by atoms with Gasteiger partial charge in [-0.05, 0) is 37.2 Å². The van der Waals surface area contributed by atoms with Crippen LogP contribution in [0.4, 0.5) is 0 Å². The Morgan fingerprint density at radius 3 is 2.42 bits per heavy atom. The zero-order valence-corrected chi connectivity index (χ0v) is 14.0. The van der Waals surface area contributed by atoms with E-state index in [4.69, 9.17) is 5.11 Å². The van der Waals surface area contributed by atoms with Gasteiger partial charge < -0.3 is 15.5 Å². The van der Waals surface area contributed by atoms with Crippen LogP contribution in [0.5, 0.6) is 0 Å². The second-order valence-corrected chi connectivity index (χ2v) is 6.67. The van der Waals surface area contributed by atoms with Crippen molar-refractivity contribution in [2.75, 3.05) is 0 Å². The van der Waals surface area contributed by atoms with Crippen molar-refractivity contribution < 1.29 is 19.8 Å². The van der Waals surface area contributed by atoms with E-state index in [0.717, 1.165) is 31.2 Å². The second kappa shape index (κ2) is 9.42. The summed E-state index contributed by atoms with van der Waals surface area (Å²) in [4.78, 5) is 23.2. The molecular weight excluding hydrogens is 306 g/mol. The fourth-order valence-corrected chi connectivity index (χ4v) is 3.37. The van der Waals surface area contributed by atoms with Crippen molar-refractivity contribution >= 4 is 11.9 Å². The van der Waals surface area contributed by atoms with Gasteiger partial charge in [0.2, 0.25) is 5.91 Å².